The third-order valence-corrected chi connectivity index (χ3v) is 5.68. The molecule has 0 aromatic heterocycles. The Labute approximate surface area is 157 Å². The first kappa shape index (κ1) is 16.3. The minimum absolute atomic E-state index is 0.0247. The van der Waals surface area contributed by atoms with Gasteiger partial charge in [0.05, 0.1) is 11.0 Å². The largest absolute Gasteiger partial charge is 0.475 e. The first-order chi connectivity index (χ1) is 13.2. The second kappa shape index (κ2) is 6.35. The molecule has 5 rings (SSSR count). The fourth-order valence-electron chi connectivity index (χ4n) is 4.48. The quantitative estimate of drug-likeness (QED) is 0.474. The summed E-state index contributed by atoms with van der Waals surface area (Å²) in [5.41, 5.74) is 2.21. The van der Waals surface area contributed by atoms with Crippen LogP contribution in [0, 0.1) is 10.1 Å². The standard InChI is InChI=1S/C22H20N2O3/c25-24(26)17-8-5-7-16(14-17)22-21-18-9-2-1-6-15(18)11-12-19(21)27-20-10-3-4-13-23(20)22/h1-2,5-9,11-12,14,20,22H,3-4,10,13H2. The molecule has 5 nitrogen and oxygen atoms in total. The van der Waals surface area contributed by atoms with E-state index in [1.54, 1.807) is 18.2 Å². The molecule has 136 valence electrons. The minimum atomic E-state index is -0.319. The SMILES string of the molecule is O=[N+]([O-])c1cccc(C2c3c(ccc4ccccc34)OC3CCCCN32)c1. The molecule has 0 saturated carbocycles. The van der Waals surface area contributed by atoms with Gasteiger partial charge in [-0.25, -0.2) is 0 Å². The fraction of sp³-hybridized carbons (Fsp3) is 0.273. The van der Waals surface area contributed by atoms with E-state index in [0.29, 0.717) is 0 Å². The Morgan fingerprint density at radius 2 is 1.93 bits per heavy atom. The molecule has 5 heteroatoms. The van der Waals surface area contributed by atoms with Crippen LogP contribution in [0.1, 0.15) is 36.4 Å². The molecule has 0 spiro atoms. The number of fused-ring (bicyclic) bond motifs is 4. The van der Waals surface area contributed by atoms with Gasteiger partial charge in [0.15, 0.2) is 6.23 Å². The molecule has 3 aromatic rings. The van der Waals surface area contributed by atoms with Gasteiger partial charge in [0, 0.05) is 24.2 Å². The van der Waals surface area contributed by atoms with Crippen molar-refractivity contribution in [3.63, 3.8) is 0 Å². The summed E-state index contributed by atoms with van der Waals surface area (Å²) in [5, 5.41) is 13.7. The third-order valence-electron chi connectivity index (χ3n) is 5.68. The van der Waals surface area contributed by atoms with E-state index in [2.05, 4.69) is 23.1 Å². The molecule has 0 radical (unpaired) electrons. The second-order valence-corrected chi connectivity index (χ2v) is 7.26. The number of non-ortho nitro benzene ring substituents is 1. The van der Waals surface area contributed by atoms with Crippen molar-refractivity contribution < 1.29 is 9.66 Å². The van der Waals surface area contributed by atoms with E-state index in [0.717, 1.165) is 53.5 Å². The van der Waals surface area contributed by atoms with Crippen LogP contribution in [0.2, 0.25) is 0 Å². The Balaban J connectivity index is 1.76. The average molecular weight is 360 g/mol. The summed E-state index contributed by atoms with van der Waals surface area (Å²) >= 11 is 0. The van der Waals surface area contributed by atoms with Gasteiger partial charge in [0.2, 0.25) is 0 Å². The molecule has 0 aliphatic carbocycles. The second-order valence-electron chi connectivity index (χ2n) is 7.26. The van der Waals surface area contributed by atoms with Gasteiger partial charge < -0.3 is 4.74 Å². The van der Waals surface area contributed by atoms with E-state index < -0.39 is 0 Å². The summed E-state index contributed by atoms with van der Waals surface area (Å²) in [6.07, 6.45) is 3.27. The summed E-state index contributed by atoms with van der Waals surface area (Å²) in [6.45, 7) is 0.931. The molecule has 0 bridgehead atoms. The normalized spacial score (nSPS) is 21.9. The lowest BCUT2D eigenvalue weighted by Crippen LogP contribution is -2.48. The van der Waals surface area contributed by atoms with Crippen LogP contribution >= 0.6 is 0 Å². The predicted octanol–water partition coefficient (Wildman–Crippen LogP) is 5.04. The Bertz CT molecular complexity index is 1030. The molecule has 2 aliphatic rings. The maximum atomic E-state index is 11.3. The highest BCUT2D eigenvalue weighted by atomic mass is 16.6. The molecule has 27 heavy (non-hydrogen) atoms. The molecule has 1 fully saturated rings. The van der Waals surface area contributed by atoms with Crippen LogP contribution in [0.15, 0.2) is 60.7 Å². The molecule has 2 heterocycles. The summed E-state index contributed by atoms with van der Waals surface area (Å²) < 4.78 is 6.37. The summed E-state index contributed by atoms with van der Waals surface area (Å²) in [7, 11) is 0. The maximum Gasteiger partial charge on any atom is 0.269 e. The first-order valence-electron chi connectivity index (χ1n) is 9.41. The van der Waals surface area contributed by atoms with Gasteiger partial charge in [0.25, 0.3) is 5.69 Å². The summed E-state index contributed by atoms with van der Waals surface area (Å²) in [6, 6.07) is 19.4. The molecular formula is C22H20N2O3. The van der Waals surface area contributed by atoms with E-state index >= 15 is 0 Å². The fourth-order valence-corrected chi connectivity index (χ4v) is 4.48. The van der Waals surface area contributed by atoms with Crippen molar-refractivity contribution in [1.82, 2.24) is 4.90 Å². The van der Waals surface area contributed by atoms with Crippen LogP contribution in [0.5, 0.6) is 5.75 Å². The predicted molar refractivity (Wildman–Crippen MR) is 104 cm³/mol. The van der Waals surface area contributed by atoms with Crippen LogP contribution in [0.3, 0.4) is 0 Å². The monoisotopic (exact) mass is 360 g/mol. The van der Waals surface area contributed by atoms with Gasteiger partial charge in [0.1, 0.15) is 5.75 Å². The Hall–Kier alpha value is -2.92. The number of rotatable bonds is 2. The van der Waals surface area contributed by atoms with Crippen molar-refractivity contribution in [2.24, 2.45) is 0 Å². The highest BCUT2D eigenvalue weighted by Gasteiger charge is 2.39. The van der Waals surface area contributed by atoms with Crippen molar-refractivity contribution in [2.45, 2.75) is 31.5 Å². The molecule has 3 aromatic carbocycles. The highest BCUT2D eigenvalue weighted by molar-refractivity contribution is 5.89. The Morgan fingerprint density at radius 1 is 1.04 bits per heavy atom. The minimum Gasteiger partial charge on any atom is -0.475 e. The van der Waals surface area contributed by atoms with Crippen LogP contribution < -0.4 is 4.74 Å². The van der Waals surface area contributed by atoms with Crippen molar-refractivity contribution in [3.05, 3.63) is 81.9 Å². The Morgan fingerprint density at radius 3 is 2.81 bits per heavy atom. The number of nitro groups is 1. The molecule has 2 unspecified atom stereocenters. The van der Waals surface area contributed by atoms with Crippen LogP contribution in [0.25, 0.3) is 10.8 Å². The van der Waals surface area contributed by atoms with E-state index in [4.69, 9.17) is 4.74 Å². The molecule has 0 N–H and O–H groups in total. The van der Waals surface area contributed by atoms with Gasteiger partial charge in [-0.05, 0) is 41.7 Å². The van der Waals surface area contributed by atoms with Crippen molar-refractivity contribution in [2.75, 3.05) is 6.54 Å². The molecule has 2 aliphatic heterocycles. The van der Waals surface area contributed by atoms with E-state index in [1.165, 1.54) is 0 Å². The maximum absolute atomic E-state index is 11.3. The third kappa shape index (κ3) is 2.66. The average Bonchev–Trinajstić information content (AvgIpc) is 2.72. The zero-order valence-electron chi connectivity index (χ0n) is 14.9. The lowest BCUT2D eigenvalue weighted by atomic mass is 9.88. The van der Waals surface area contributed by atoms with Gasteiger partial charge in [-0.3, -0.25) is 15.0 Å². The number of hydrogen-bond donors (Lipinski definition) is 0. The summed E-state index contributed by atoms with van der Waals surface area (Å²) in [4.78, 5) is 13.4. The zero-order chi connectivity index (χ0) is 18.4. The smallest absolute Gasteiger partial charge is 0.269 e. The van der Waals surface area contributed by atoms with Crippen LogP contribution in [-0.4, -0.2) is 22.6 Å². The summed E-state index contributed by atoms with van der Waals surface area (Å²) in [5.74, 6) is 0.897. The number of nitro benzene ring substituents is 1. The van der Waals surface area contributed by atoms with Gasteiger partial charge in [-0.15, -0.1) is 0 Å². The van der Waals surface area contributed by atoms with Crippen LogP contribution in [-0.2, 0) is 0 Å². The highest BCUT2D eigenvalue weighted by Crippen LogP contribution is 2.46. The number of nitrogens with zero attached hydrogens (tertiary/aromatic N) is 2. The Kier molecular flexibility index (Phi) is 3.83. The lowest BCUT2D eigenvalue weighted by molar-refractivity contribution is -0.385. The number of hydrogen-bond acceptors (Lipinski definition) is 4. The number of piperidine rings is 1. The van der Waals surface area contributed by atoms with Crippen molar-refractivity contribution in [3.8, 4) is 5.75 Å². The number of benzene rings is 3. The van der Waals surface area contributed by atoms with E-state index in [1.807, 2.05) is 24.3 Å². The van der Waals surface area contributed by atoms with Crippen molar-refractivity contribution in [1.29, 1.82) is 0 Å². The first-order valence-corrected chi connectivity index (χ1v) is 9.41. The van der Waals surface area contributed by atoms with Gasteiger partial charge >= 0.3 is 0 Å². The van der Waals surface area contributed by atoms with Gasteiger partial charge in [-0.1, -0.05) is 42.5 Å². The van der Waals surface area contributed by atoms with E-state index in [-0.39, 0.29) is 22.9 Å². The van der Waals surface area contributed by atoms with Crippen LogP contribution in [0.4, 0.5) is 5.69 Å². The topological polar surface area (TPSA) is 55.6 Å². The lowest BCUT2D eigenvalue weighted by Gasteiger charge is -2.46. The van der Waals surface area contributed by atoms with E-state index in [9.17, 15) is 10.1 Å². The van der Waals surface area contributed by atoms with Crippen molar-refractivity contribution >= 4 is 16.5 Å². The molecule has 2 atom stereocenters. The molecule has 0 amide bonds. The molecular weight excluding hydrogens is 340 g/mol. The van der Waals surface area contributed by atoms with Gasteiger partial charge in [-0.2, -0.15) is 0 Å². The zero-order valence-corrected chi connectivity index (χ0v) is 14.9. The molecule has 1 saturated heterocycles. The number of ether oxygens (including phenoxy) is 1.